The Bertz CT molecular complexity index is 966. The first-order valence-electron chi connectivity index (χ1n) is 8.30. The molecule has 2 aromatic carbocycles. The maximum Gasteiger partial charge on any atom is 0.207 e. The number of benzene rings is 2. The van der Waals surface area contributed by atoms with Gasteiger partial charge in [-0.25, -0.2) is 4.99 Å². The zero-order valence-electron chi connectivity index (χ0n) is 14.8. The van der Waals surface area contributed by atoms with Crippen molar-refractivity contribution in [3.8, 4) is 17.2 Å². The molecule has 0 N–H and O–H groups in total. The van der Waals surface area contributed by atoms with Gasteiger partial charge in [0, 0.05) is 5.56 Å². The lowest BCUT2D eigenvalue weighted by atomic mass is 9.93. The summed E-state index contributed by atoms with van der Waals surface area (Å²) in [5, 5.41) is 0. The molecule has 1 atom stereocenters. The van der Waals surface area contributed by atoms with Crippen molar-refractivity contribution in [2.45, 2.75) is 13.3 Å². The molecular weight excluding hydrogens is 348 g/mol. The minimum absolute atomic E-state index is 0.0943. The van der Waals surface area contributed by atoms with Crippen LogP contribution in [-0.4, -0.2) is 30.9 Å². The Labute approximate surface area is 157 Å². The Morgan fingerprint density at radius 2 is 1.88 bits per heavy atom. The van der Waals surface area contributed by atoms with E-state index in [4.69, 9.17) is 26.4 Å². The normalized spacial score (nSPS) is 18.1. The van der Waals surface area contributed by atoms with Gasteiger partial charge in [0.15, 0.2) is 17.3 Å². The predicted molar refractivity (Wildman–Crippen MR) is 105 cm³/mol. The van der Waals surface area contributed by atoms with Crippen LogP contribution in [0.25, 0.3) is 0 Å². The van der Waals surface area contributed by atoms with Gasteiger partial charge in [-0.1, -0.05) is 30.4 Å². The third-order valence-electron chi connectivity index (χ3n) is 4.59. The fourth-order valence-electron chi connectivity index (χ4n) is 3.21. The molecule has 4 rings (SSSR count). The molecule has 0 spiro atoms. The number of hydrogen-bond acceptors (Lipinski definition) is 5. The van der Waals surface area contributed by atoms with E-state index >= 15 is 0 Å². The Morgan fingerprint density at radius 1 is 1.08 bits per heavy atom. The molecule has 2 aliphatic rings. The number of para-hydroxylation sites is 1. The van der Waals surface area contributed by atoms with Gasteiger partial charge in [-0.15, -0.1) is 0 Å². The van der Waals surface area contributed by atoms with Crippen LogP contribution in [0.5, 0.6) is 17.2 Å². The van der Waals surface area contributed by atoms with Crippen LogP contribution in [0, 0.1) is 12.8 Å². The molecule has 0 bridgehead atoms. The Hall–Kier alpha value is -2.73. The minimum atomic E-state index is -0.0943. The van der Waals surface area contributed by atoms with Gasteiger partial charge < -0.3 is 14.2 Å². The quantitative estimate of drug-likeness (QED) is 0.777. The van der Waals surface area contributed by atoms with Gasteiger partial charge in [0.05, 0.1) is 20.1 Å². The van der Waals surface area contributed by atoms with Gasteiger partial charge in [0.2, 0.25) is 5.90 Å². The number of thiocarbonyl (C=S) groups is 1. The number of ether oxygens (including phenoxy) is 3. The second-order valence-corrected chi connectivity index (χ2v) is 6.63. The zero-order valence-corrected chi connectivity index (χ0v) is 15.6. The monoisotopic (exact) mass is 366 g/mol. The summed E-state index contributed by atoms with van der Waals surface area (Å²) in [6, 6.07) is 11.7. The second-order valence-electron chi connectivity index (χ2n) is 6.22. The van der Waals surface area contributed by atoms with Crippen molar-refractivity contribution < 1.29 is 14.2 Å². The molecule has 0 saturated carbocycles. The number of aryl methyl sites for hydroxylation is 1. The molecule has 0 aromatic heterocycles. The smallest absolute Gasteiger partial charge is 0.207 e. The highest BCUT2D eigenvalue weighted by atomic mass is 32.1. The van der Waals surface area contributed by atoms with Crippen LogP contribution >= 0.6 is 12.2 Å². The van der Waals surface area contributed by atoms with Crippen molar-refractivity contribution in [1.82, 2.24) is 0 Å². The molecule has 0 saturated heterocycles. The number of rotatable bonds is 3. The minimum Gasteiger partial charge on any atom is -0.493 e. The first kappa shape index (κ1) is 16.7. The maximum absolute atomic E-state index is 6.12. The molecule has 2 aromatic rings. The summed E-state index contributed by atoms with van der Waals surface area (Å²) in [5.41, 5.74) is 3.03. The van der Waals surface area contributed by atoms with Crippen LogP contribution in [0.15, 0.2) is 46.4 Å². The standard InChI is InChI=1S/C20H18N2O3S/c1-11-5-4-6-12-9-14-19(25-17(11)12)21-18(22-20(14)26)13-7-8-15(23-2)16(10-13)24-3/h4-8,10,14H,9H2,1-3H3. The summed E-state index contributed by atoms with van der Waals surface area (Å²) in [6.07, 6.45) is 0.761. The molecule has 6 heteroatoms. The lowest BCUT2D eigenvalue weighted by Crippen LogP contribution is -2.36. The summed E-state index contributed by atoms with van der Waals surface area (Å²) >= 11 is 5.55. The predicted octanol–water partition coefficient (Wildman–Crippen LogP) is 3.75. The maximum atomic E-state index is 6.12. The molecule has 132 valence electrons. The highest BCUT2D eigenvalue weighted by Crippen LogP contribution is 2.35. The molecule has 26 heavy (non-hydrogen) atoms. The molecule has 0 amide bonds. The lowest BCUT2D eigenvalue weighted by Gasteiger charge is -2.29. The second kappa shape index (κ2) is 6.53. The number of amidine groups is 1. The fourth-order valence-corrected chi connectivity index (χ4v) is 3.48. The fraction of sp³-hybridized carbons (Fsp3) is 0.250. The summed E-state index contributed by atoms with van der Waals surface area (Å²) < 4.78 is 16.8. The van der Waals surface area contributed by atoms with E-state index in [2.05, 4.69) is 16.1 Å². The van der Waals surface area contributed by atoms with Gasteiger partial charge >= 0.3 is 0 Å². The molecule has 0 aliphatic carbocycles. The van der Waals surface area contributed by atoms with Crippen molar-refractivity contribution in [2.75, 3.05) is 14.2 Å². The Kier molecular flexibility index (Phi) is 4.20. The largest absolute Gasteiger partial charge is 0.493 e. The molecule has 2 aliphatic heterocycles. The van der Waals surface area contributed by atoms with E-state index in [1.807, 2.05) is 37.3 Å². The van der Waals surface area contributed by atoms with Crippen LogP contribution in [0.2, 0.25) is 0 Å². The number of nitrogens with zero attached hydrogens (tertiary/aromatic N) is 2. The van der Waals surface area contributed by atoms with E-state index in [9.17, 15) is 0 Å². The Morgan fingerprint density at radius 3 is 2.65 bits per heavy atom. The van der Waals surface area contributed by atoms with Crippen LogP contribution in [0.4, 0.5) is 0 Å². The highest BCUT2D eigenvalue weighted by Gasteiger charge is 2.34. The van der Waals surface area contributed by atoms with E-state index in [1.54, 1.807) is 14.2 Å². The van der Waals surface area contributed by atoms with E-state index in [-0.39, 0.29) is 5.92 Å². The summed E-state index contributed by atoms with van der Waals surface area (Å²) in [4.78, 5) is 9.79. The molecule has 2 heterocycles. The van der Waals surface area contributed by atoms with Gasteiger partial charge in [0.1, 0.15) is 10.7 Å². The van der Waals surface area contributed by atoms with Gasteiger partial charge in [-0.05, 0) is 42.7 Å². The molecule has 0 fully saturated rings. The van der Waals surface area contributed by atoms with Crippen LogP contribution < -0.4 is 14.2 Å². The molecule has 0 radical (unpaired) electrons. The first-order valence-corrected chi connectivity index (χ1v) is 8.71. The van der Waals surface area contributed by atoms with Crippen LogP contribution in [0.3, 0.4) is 0 Å². The van der Waals surface area contributed by atoms with Crippen molar-refractivity contribution in [3.05, 3.63) is 53.1 Å². The zero-order chi connectivity index (χ0) is 18.3. The van der Waals surface area contributed by atoms with E-state index in [1.165, 1.54) is 0 Å². The van der Waals surface area contributed by atoms with Crippen LogP contribution in [0.1, 0.15) is 16.7 Å². The average Bonchev–Trinajstić information content (AvgIpc) is 2.66. The SMILES string of the molecule is COc1ccc(C2=NC(=S)C3Cc4cccc(C)c4OC3=N2)cc1OC. The van der Waals surface area contributed by atoms with Crippen molar-refractivity contribution in [1.29, 1.82) is 0 Å². The van der Waals surface area contributed by atoms with Gasteiger partial charge in [-0.3, -0.25) is 0 Å². The van der Waals surface area contributed by atoms with Crippen LogP contribution in [-0.2, 0) is 6.42 Å². The molecular formula is C20H18N2O3S. The summed E-state index contributed by atoms with van der Waals surface area (Å²) in [5.74, 6) is 3.18. The lowest BCUT2D eigenvalue weighted by molar-refractivity contribution is 0.355. The van der Waals surface area contributed by atoms with E-state index in [0.29, 0.717) is 28.2 Å². The number of methoxy groups -OCH3 is 2. The summed E-state index contributed by atoms with van der Waals surface area (Å²) in [6.45, 7) is 2.03. The number of fused-ring (bicyclic) bond motifs is 2. The number of hydrogen-bond donors (Lipinski definition) is 0. The third-order valence-corrected chi connectivity index (χ3v) is 4.97. The van der Waals surface area contributed by atoms with Crippen molar-refractivity contribution in [3.63, 3.8) is 0 Å². The third kappa shape index (κ3) is 2.76. The van der Waals surface area contributed by atoms with Crippen molar-refractivity contribution >= 4 is 28.9 Å². The molecule has 1 unspecified atom stereocenters. The van der Waals surface area contributed by atoms with E-state index in [0.717, 1.165) is 28.9 Å². The number of aliphatic imine (C=N–C) groups is 2. The van der Waals surface area contributed by atoms with Crippen molar-refractivity contribution in [2.24, 2.45) is 15.9 Å². The van der Waals surface area contributed by atoms with Gasteiger partial charge in [-0.2, -0.15) is 4.99 Å². The van der Waals surface area contributed by atoms with E-state index < -0.39 is 0 Å². The first-order chi connectivity index (χ1) is 12.6. The average molecular weight is 366 g/mol. The van der Waals surface area contributed by atoms with Gasteiger partial charge in [0.25, 0.3) is 0 Å². The molecule has 5 nitrogen and oxygen atoms in total. The summed E-state index contributed by atoms with van der Waals surface area (Å²) in [7, 11) is 3.20. The Balaban J connectivity index is 1.73. The topological polar surface area (TPSA) is 52.4 Å². The highest BCUT2D eigenvalue weighted by molar-refractivity contribution is 7.80.